The van der Waals surface area contributed by atoms with Gasteiger partial charge in [-0.2, -0.15) is 18.4 Å². The summed E-state index contributed by atoms with van der Waals surface area (Å²) in [7, 11) is 0. The molecule has 1 atom stereocenters. The summed E-state index contributed by atoms with van der Waals surface area (Å²) in [6.45, 7) is 0. The van der Waals surface area contributed by atoms with Gasteiger partial charge in [-0.15, -0.1) is 0 Å². The number of phenols is 1. The Labute approximate surface area is 137 Å². The Morgan fingerprint density at radius 2 is 2.04 bits per heavy atom. The quantitative estimate of drug-likeness (QED) is 0.751. The van der Waals surface area contributed by atoms with Crippen molar-refractivity contribution in [3.63, 3.8) is 0 Å². The van der Waals surface area contributed by atoms with E-state index in [2.05, 4.69) is 17.9 Å². The lowest BCUT2D eigenvalue weighted by Gasteiger charge is -2.16. The van der Waals surface area contributed by atoms with Crippen LogP contribution in [0.1, 0.15) is 36.8 Å². The number of nitriles is 1. The van der Waals surface area contributed by atoms with Crippen LogP contribution in [0.2, 0.25) is 0 Å². The summed E-state index contributed by atoms with van der Waals surface area (Å²) in [5.74, 6) is 4.45. The van der Waals surface area contributed by atoms with Crippen LogP contribution in [-0.2, 0) is 6.18 Å². The Bertz CT molecular complexity index is 844. The maximum Gasteiger partial charge on any atom is 0.419 e. The van der Waals surface area contributed by atoms with Gasteiger partial charge in [-0.1, -0.05) is 23.5 Å². The van der Waals surface area contributed by atoms with Crippen LogP contribution in [0.5, 0.6) is 5.75 Å². The number of hydrogen-bond donors (Lipinski definition) is 1. The third kappa shape index (κ3) is 3.03. The van der Waals surface area contributed by atoms with E-state index in [9.17, 15) is 23.5 Å². The first kappa shape index (κ1) is 16.2. The van der Waals surface area contributed by atoms with Crippen LogP contribution in [-0.4, -0.2) is 5.11 Å². The summed E-state index contributed by atoms with van der Waals surface area (Å²) in [5, 5.41) is 19.0. The molecule has 0 saturated carbocycles. The summed E-state index contributed by atoms with van der Waals surface area (Å²) in [6, 6.07) is 5.44. The lowest BCUT2D eigenvalue weighted by molar-refractivity contribution is -0.138. The van der Waals surface area contributed by atoms with Gasteiger partial charge in [0.2, 0.25) is 0 Å². The maximum atomic E-state index is 12.8. The van der Waals surface area contributed by atoms with Crippen LogP contribution in [0.4, 0.5) is 13.2 Å². The lowest BCUT2D eigenvalue weighted by Crippen LogP contribution is -2.06. The molecule has 0 amide bonds. The highest BCUT2D eigenvalue weighted by atomic mass is 19.4. The first-order chi connectivity index (χ1) is 11.4. The molecule has 0 spiro atoms. The minimum atomic E-state index is -4.60. The zero-order chi connectivity index (χ0) is 17.3. The molecular formula is C19H14F3NO. The molecule has 1 aromatic rings. The van der Waals surface area contributed by atoms with Crippen LogP contribution in [0.3, 0.4) is 0 Å². The number of benzene rings is 1. The van der Waals surface area contributed by atoms with Crippen molar-refractivity contribution in [1.82, 2.24) is 0 Å². The molecule has 0 heterocycles. The van der Waals surface area contributed by atoms with E-state index < -0.39 is 23.4 Å². The number of phenolic OH excluding ortho intramolecular Hbond substituents is 1. The molecule has 1 N–H and O–H groups in total. The molecule has 2 aliphatic carbocycles. The second-order valence-electron chi connectivity index (χ2n) is 5.85. The molecule has 0 fully saturated rings. The Kier molecular flexibility index (Phi) is 4.11. The van der Waals surface area contributed by atoms with Crippen molar-refractivity contribution < 1.29 is 18.3 Å². The molecule has 2 aliphatic rings. The monoisotopic (exact) mass is 329 g/mol. The molecular weight excluding hydrogens is 315 g/mol. The van der Waals surface area contributed by atoms with Crippen molar-refractivity contribution in [2.45, 2.75) is 31.9 Å². The minimum Gasteiger partial charge on any atom is -0.507 e. The Hall–Kier alpha value is -2.66. The molecule has 5 heteroatoms. The van der Waals surface area contributed by atoms with Crippen LogP contribution in [0.25, 0.3) is 5.57 Å². The van der Waals surface area contributed by atoms with E-state index in [4.69, 9.17) is 0 Å². The number of rotatable bonds is 1. The second kappa shape index (κ2) is 6.09. The van der Waals surface area contributed by atoms with Gasteiger partial charge in [0.1, 0.15) is 11.7 Å². The third-order valence-corrected chi connectivity index (χ3v) is 4.30. The van der Waals surface area contributed by atoms with Gasteiger partial charge < -0.3 is 5.11 Å². The fourth-order valence-electron chi connectivity index (χ4n) is 3.18. The standard InChI is InChI=1S/C19H14F3NO/c20-19(21,22)17-8-7-14(10-18(17)24)16-9-12(11-23)3-1-4-13-5-2-6-15(13)16/h7-10,12,24H,2,4-6H2/b16-9-. The molecule has 122 valence electrons. The van der Waals surface area contributed by atoms with Gasteiger partial charge in [0.25, 0.3) is 0 Å². The van der Waals surface area contributed by atoms with Crippen molar-refractivity contribution in [2.75, 3.05) is 0 Å². The molecule has 0 aromatic heterocycles. The van der Waals surface area contributed by atoms with Gasteiger partial charge >= 0.3 is 6.18 Å². The maximum absolute atomic E-state index is 12.8. The summed E-state index contributed by atoms with van der Waals surface area (Å²) in [4.78, 5) is 0. The van der Waals surface area contributed by atoms with Gasteiger partial charge in [0.05, 0.1) is 11.6 Å². The molecule has 1 unspecified atom stereocenters. The van der Waals surface area contributed by atoms with Crippen molar-refractivity contribution in [3.8, 4) is 23.7 Å². The van der Waals surface area contributed by atoms with Gasteiger partial charge in [0, 0.05) is 6.42 Å². The van der Waals surface area contributed by atoms with Crippen LogP contribution >= 0.6 is 0 Å². The number of alkyl halides is 3. The summed E-state index contributed by atoms with van der Waals surface area (Å²) < 4.78 is 38.5. The molecule has 1 aromatic carbocycles. The first-order valence-electron chi connectivity index (χ1n) is 7.62. The number of allylic oxidation sites excluding steroid dienone is 4. The van der Waals surface area contributed by atoms with Gasteiger partial charge in [-0.3, -0.25) is 0 Å². The molecule has 0 bridgehead atoms. The molecule has 2 nitrogen and oxygen atoms in total. The summed E-state index contributed by atoms with van der Waals surface area (Å²) in [6.07, 6.45) is 0.351. The Morgan fingerprint density at radius 1 is 1.25 bits per heavy atom. The fourth-order valence-corrected chi connectivity index (χ4v) is 3.18. The van der Waals surface area contributed by atoms with Crippen molar-refractivity contribution in [3.05, 3.63) is 46.5 Å². The van der Waals surface area contributed by atoms with E-state index >= 15 is 0 Å². The predicted octanol–water partition coefficient (Wildman–Crippen LogP) is 4.82. The fraction of sp³-hybridized carbons (Fsp3) is 0.316. The van der Waals surface area contributed by atoms with E-state index in [0.29, 0.717) is 17.6 Å². The van der Waals surface area contributed by atoms with E-state index in [1.165, 1.54) is 11.6 Å². The third-order valence-electron chi connectivity index (χ3n) is 4.30. The molecule has 24 heavy (non-hydrogen) atoms. The van der Waals surface area contributed by atoms with Gasteiger partial charge in [0.15, 0.2) is 0 Å². The second-order valence-corrected chi connectivity index (χ2v) is 5.85. The van der Waals surface area contributed by atoms with E-state index in [1.807, 2.05) is 0 Å². The zero-order valence-corrected chi connectivity index (χ0v) is 12.7. The smallest absolute Gasteiger partial charge is 0.419 e. The largest absolute Gasteiger partial charge is 0.507 e. The topological polar surface area (TPSA) is 44.0 Å². The predicted molar refractivity (Wildman–Crippen MR) is 83.5 cm³/mol. The number of halogens is 3. The number of hydrogen-bond acceptors (Lipinski definition) is 2. The highest BCUT2D eigenvalue weighted by Gasteiger charge is 2.34. The first-order valence-corrected chi connectivity index (χ1v) is 7.62. The van der Waals surface area contributed by atoms with Crippen LogP contribution in [0.15, 0.2) is 35.4 Å². The zero-order valence-electron chi connectivity index (χ0n) is 12.7. The number of nitrogens with zero attached hydrogens (tertiary/aromatic N) is 1. The lowest BCUT2D eigenvalue weighted by atomic mass is 9.89. The van der Waals surface area contributed by atoms with Crippen molar-refractivity contribution >= 4 is 5.57 Å². The van der Waals surface area contributed by atoms with Crippen LogP contribution < -0.4 is 0 Å². The Balaban J connectivity index is 2.12. The molecule has 0 radical (unpaired) electrons. The van der Waals surface area contributed by atoms with Crippen LogP contribution in [0, 0.1) is 29.1 Å². The van der Waals surface area contributed by atoms with E-state index in [1.54, 1.807) is 6.08 Å². The minimum absolute atomic E-state index is 0.485. The summed E-state index contributed by atoms with van der Waals surface area (Å²) in [5.41, 5.74) is 2.36. The highest BCUT2D eigenvalue weighted by molar-refractivity contribution is 5.82. The van der Waals surface area contributed by atoms with E-state index in [0.717, 1.165) is 37.0 Å². The van der Waals surface area contributed by atoms with Gasteiger partial charge in [-0.05, 0) is 54.2 Å². The molecule has 0 aliphatic heterocycles. The summed E-state index contributed by atoms with van der Waals surface area (Å²) >= 11 is 0. The molecule has 0 saturated heterocycles. The normalized spacial score (nSPS) is 22.4. The van der Waals surface area contributed by atoms with E-state index in [-0.39, 0.29) is 0 Å². The van der Waals surface area contributed by atoms with Gasteiger partial charge in [-0.25, -0.2) is 0 Å². The average Bonchev–Trinajstić information content (AvgIpc) is 2.94. The average molecular weight is 329 g/mol. The number of aromatic hydroxyl groups is 1. The SMILES string of the molecule is N#CC1C#CCC2=C(CCC2)/C(c2ccc(C(F)(F)F)c(O)c2)=C\1. The molecule has 3 rings (SSSR count). The highest BCUT2D eigenvalue weighted by Crippen LogP contribution is 2.42. The van der Waals surface area contributed by atoms with Crippen molar-refractivity contribution in [2.24, 2.45) is 5.92 Å². The Morgan fingerprint density at radius 3 is 2.71 bits per heavy atom. The van der Waals surface area contributed by atoms with Crippen molar-refractivity contribution in [1.29, 1.82) is 5.26 Å².